The lowest BCUT2D eigenvalue weighted by atomic mass is 9.98. The molecular formula is C73H145NO10. The van der Waals surface area contributed by atoms with Gasteiger partial charge in [-0.05, 0) is 12.8 Å². The maximum Gasteiger partial charge on any atom is 0.249 e. The molecule has 1 aliphatic rings. The molecule has 1 aliphatic heterocycles. The highest BCUT2D eigenvalue weighted by Gasteiger charge is 2.44. The predicted molar refractivity (Wildman–Crippen MR) is 353 cm³/mol. The van der Waals surface area contributed by atoms with Crippen molar-refractivity contribution in [3.8, 4) is 0 Å². The van der Waals surface area contributed by atoms with Crippen molar-refractivity contribution in [1.82, 2.24) is 5.32 Å². The van der Waals surface area contributed by atoms with Crippen LogP contribution in [0.25, 0.3) is 0 Å². The third-order valence-corrected chi connectivity index (χ3v) is 18.7. The second-order valence-corrected chi connectivity index (χ2v) is 26.7. The molecule has 0 spiro atoms. The second kappa shape index (κ2) is 62.3. The van der Waals surface area contributed by atoms with Crippen LogP contribution in [0.3, 0.4) is 0 Å². The Hall–Kier alpha value is -0.890. The third-order valence-electron chi connectivity index (χ3n) is 18.7. The monoisotopic (exact) mass is 1200 g/mol. The van der Waals surface area contributed by atoms with Gasteiger partial charge < -0.3 is 50.5 Å². The van der Waals surface area contributed by atoms with Crippen LogP contribution in [-0.2, 0) is 14.3 Å². The van der Waals surface area contributed by atoms with Crippen molar-refractivity contribution in [3.63, 3.8) is 0 Å². The van der Waals surface area contributed by atoms with Crippen LogP contribution in [-0.4, -0.2) is 110 Å². The summed E-state index contributed by atoms with van der Waals surface area (Å²) in [5.74, 6) is -0.686. The quantitative estimate of drug-likeness (QED) is 0.0272. The first kappa shape index (κ1) is 81.1. The van der Waals surface area contributed by atoms with Crippen molar-refractivity contribution in [2.75, 3.05) is 13.2 Å². The summed E-state index contributed by atoms with van der Waals surface area (Å²) in [6.07, 6.45) is 64.8. The van der Waals surface area contributed by atoms with Gasteiger partial charge in [0.05, 0.1) is 25.4 Å². The van der Waals surface area contributed by atoms with Gasteiger partial charge in [0.15, 0.2) is 6.29 Å². The smallest absolute Gasteiger partial charge is 0.249 e. The van der Waals surface area contributed by atoms with Crippen molar-refractivity contribution >= 4 is 5.91 Å². The summed E-state index contributed by atoms with van der Waals surface area (Å²) in [6, 6.07) is -1.16. The van der Waals surface area contributed by atoms with E-state index in [0.29, 0.717) is 19.3 Å². The van der Waals surface area contributed by atoms with E-state index in [4.69, 9.17) is 9.47 Å². The molecule has 0 aliphatic carbocycles. The van der Waals surface area contributed by atoms with Crippen LogP contribution in [0.4, 0.5) is 0 Å². The molecule has 11 nitrogen and oxygen atoms in total. The van der Waals surface area contributed by atoms with E-state index in [9.17, 15) is 40.5 Å². The highest BCUT2D eigenvalue weighted by atomic mass is 16.7. The van der Waals surface area contributed by atoms with Crippen LogP contribution in [0.15, 0.2) is 0 Å². The molecule has 0 aromatic rings. The first-order valence-electron chi connectivity index (χ1n) is 37.4. The average Bonchev–Trinajstić information content (AvgIpc) is 3.66. The second-order valence-electron chi connectivity index (χ2n) is 26.7. The van der Waals surface area contributed by atoms with Gasteiger partial charge >= 0.3 is 0 Å². The zero-order valence-electron chi connectivity index (χ0n) is 55.7. The Morgan fingerprint density at radius 1 is 0.369 bits per heavy atom. The van der Waals surface area contributed by atoms with Crippen LogP contribution < -0.4 is 5.32 Å². The minimum Gasteiger partial charge on any atom is -0.394 e. The number of carbonyl (C=O) groups is 1. The molecule has 1 fully saturated rings. The van der Waals surface area contributed by atoms with Gasteiger partial charge in [-0.1, -0.05) is 380 Å². The van der Waals surface area contributed by atoms with E-state index in [1.165, 1.54) is 315 Å². The molecule has 11 heteroatoms. The number of unbranched alkanes of at least 4 members (excludes halogenated alkanes) is 55. The van der Waals surface area contributed by atoms with Gasteiger partial charge in [-0.25, -0.2) is 0 Å². The summed E-state index contributed by atoms with van der Waals surface area (Å²) < 4.78 is 11.2. The summed E-state index contributed by atoms with van der Waals surface area (Å²) in [6.45, 7) is 3.54. The number of amides is 1. The fourth-order valence-corrected chi connectivity index (χ4v) is 12.7. The van der Waals surface area contributed by atoms with E-state index in [1.54, 1.807) is 0 Å². The molecule has 502 valence electrons. The van der Waals surface area contributed by atoms with Crippen molar-refractivity contribution < 1.29 is 50.0 Å². The number of carbonyl (C=O) groups excluding carboxylic acids is 1. The summed E-state index contributed by atoms with van der Waals surface area (Å²) in [4.78, 5) is 13.3. The van der Waals surface area contributed by atoms with Gasteiger partial charge in [-0.3, -0.25) is 4.79 Å². The van der Waals surface area contributed by atoms with Gasteiger partial charge in [0.1, 0.15) is 36.6 Å². The molecule has 1 amide bonds. The summed E-state index contributed by atoms with van der Waals surface area (Å²) in [5.41, 5.74) is 0. The Kier molecular flexibility index (Phi) is 60.2. The number of aliphatic hydroxyl groups excluding tert-OH is 7. The largest absolute Gasteiger partial charge is 0.394 e. The van der Waals surface area contributed by atoms with E-state index in [2.05, 4.69) is 19.2 Å². The molecule has 9 atom stereocenters. The standard InChI is InChI=1S/C73H145NO10/c1-3-5-7-9-11-13-15-17-19-21-23-25-27-29-31-32-33-35-36-38-40-42-44-46-48-50-52-54-56-58-60-65(76)68(78)64(63-83-73-71(81)70(80)69(79)67(62-75)84-73)74-72(82)66(77)61-59-57-55-53-51-49-47-45-43-41-39-37-34-30-28-26-24-22-20-18-16-14-12-10-8-6-4-2/h64-71,73,75-81H,3-63H2,1-2H3,(H,74,82). The Labute approximate surface area is 520 Å². The first-order chi connectivity index (χ1) is 41.2. The van der Waals surface area contributed by atoms with Crippen LogP contribution in [0, 0.1) is 0 Å². The Morgan fingerprint density at radius 3 is 0.881 bits per heavy atom. The van der Waals surface area contributed by atoms with Crippen LogP contribution in [0.5, 0.6) is 0 Å². The molecule has 1 saturated heterocycles. The van der Waals surface area contributed by atoms with Gasteiger partial charge in [0.2, 0.25) is 5.91 Å². The Morgan fingerprint density at radius 2 is 0.619 bits per heavy atom. The van der Waals surface area contributed by atoms with Gasteiger partial charge in [-0.15, -0.1) is 0 Å². The van der Waals surface area contributed by atoms with Crippen molar-refractivity contribution in [2.24, 2.45) is 0 Å². The molecule has 1 heterocycles. The minimum absolute atomic E-state index is 0.268. The number of nitrogens with one attached hydrogen (secondary N) is 1. The fourth-order valence-electron chi connectivity index (χ4n) is 12.7. The summed E-state index contributed by atoms with van der Waals surface area (Å²) >= 11 is 0. The van der Waals surface area contributed by atoms with Crippen molar-refractivity contribution in [3.05, 3.63) is 0 Å². The molecular weight excluding hydrogens is 1050 g/mol. The molecule has 8 N–H and O–H groups in total. The molecule has 1 rings (SSSR count). The third kappa shape index (κ3) is 49.0. The number of ether oxygens (including phenoxy) is 2. The zero-order valence-corrected chi connectivity index (χ0v) is 55.7. The topological polar surface area (TPSA) is 189 Å². The number of hydrogen-bond acceptors (Lipinski definition) is 10. The number of hydrogen-bond donors (Lipinski definition) is 8. The van der Waals surface area contributed by atoms with Gasteiger partial charge in [-0.2, -0.15) is 0 Å². The molecule has 0 aromatic heterocycles. The summed E-state index contributed by atoms with van der Waals surface area (Å²) in [5, 5.41) is 76.7. The van der Waals surface area contributed by atoms with Crippen LogP contribution >= 0.6 is 0 Å². The van der Waals surface area contributed by atoms with E-state index >= 15 is 0 Å². The SMILES string of the molecule is CCCCCCCCCCCCCCCCCCCCCCCCCCCCCCCCC(O)C(O)C(COC1OC(CO)C(O)C(O)C1O)NC(=O)C(O)CCCCCCCCCCCCCCCCCCCCCCCCCCCCC. The van der Waals surface area contributed by atoms with Gasteiger partial charge in [0.25, 0.3) is 0 Å². The number of aliphatic hydroxyl groups is 7. The predicted octanol–water partition coefficient (Wildman–Crippen LogP) is 18.4. The maximum atomic E-state index is 13.3. The minimum atomic E-state index is -1.66. The van der Waals surface area contributed by atoms with Crippen molar-refractivity contribution in [1.29, 1.82) is 0 Å². The Bertz CT molecular complexity index is 1330. The first-order valence-corrected chi connectivity index (χ1v) is 37.4. The maximum absolute atomic E-state index is 13.3. The number of rotatable bonds is 67. The molecule has 0 aromatic carbocycles. The fraction of sp³-hybridized carbons (Fsp3) is 0.986. The molecule has 84 heavy (non-hydrogen) atoms. The zero-order chi connectivity index (χ0) is 61.0. The summed E-state index contributed by atoms with van der Waals surface area (Å²) in [7, 11) is 0. The van der Waals surface area contributed by atoms with E-state index < -0.39 is 74.2 Å². The van der Waals surface area contributed by atoms with E-state index in [-0.39, 0.29) is 6.42 Å². The van der Waals surface area contributed by atoms with Crippen LogP contribution in [0.2, 0.25) is 0 Å². The van der Waals surface area contributed by atoms with Crippen LogP contribution in [0.1, 0.15) is 393 Å². The average molecular weight is 1200 g/mol. The van der Waals surface area contributed by atoms with E-state index in [1.807, 2.05) is 0 Å². The Balaban J connectivity index is 2.15. The molecule has 0 saturated carbocycles. The lowest BCUT2D eigenvalue weighted by molar-refractivity contribution is -0.303. The molecule has 9 unspecified atom stereocenters. The normalized spacial score (nSPS) is 18.8. The lowest BCUT2D eigenvalue weighted by Gasteiger charge is -2.40. The highest BCUT2D eigenvalue weighted by Crippen LogP contribution is 2.24. The molecule has 0 bridgehead atoms. The highest BCUT2D eigenvalue weighted by molar-refractivity contribution is 5.80. The molecule has 0 radical (unpaired) electrons. The van der Waals surface area contributed by atoms with E-state index in [0.717, 1.165) is 38.5 Å². The van der Waals surface area contributed by atoms with Crippen molar-refractivity contribution in [2.45, 2.75) is 448 Å². The lowest BCUT2D eigenvalue weighted by Crippen LogP contribution is -2.60. The van der Waals surface area contributed by atoms with Gasteiger partial charge in [0, 0.05) is 0 Å².